The number of benzene rings is 1. The van der Waals surface area contributed by atoms with Crippen molar-refractivity contribution in [2.75, 3.05) is 26.0 Å². The fourth-order valence-electron chi connectivity index (χ4n) is 2.27. The minimum absolute atomic E-state index is 0.0907. The molecule has 0 fully saturated rings. The number of amides is 2. The largest absolute Gasteiger partial charge is 0.479 e. The normalized spacial score (nSPS) is 10.2. The van der Waals surface area contributed by atoms with Gasteiger partial charge in [0.1, 0.15) is 5.56 Å². The van der Waals surface area contributed by atoms with Gasteiger partial charge in [-0.3, -0.25) is 19.1 Å². The van der Waals surface area contributed by atoms with Gasteiger partial charge in [-0.2, -0.15) is 0 Å². The van der Waals surface area contributed by atoms with Crippen LogP contribution in [0, 0.1) is 0 Å². The molecule has 1 N–H and O–H groups in total. The van der Waals surface area contributed by atoms with Gasteiger partial charge in [0.15, 0.2) is 5.78 Å². The molecule has 2 amide bonds. The molecule has 0 atom stereocenters. The molecular formula is C17H20N4O4. The zero-order valence-corrected chi connectivity index (χ0v) is 14.6. The Morgan fingerprint density at radius 3 is 2.68 bits per heavy atom. The van der Waals surface area contributed by atoms with E-state index in [-0.39, 0.29) is 35.6 Å². The second kappa shape index (κ2) is 7.61. The van der Waals surface area contributed by atoms with Gasteiger partial charge in [-0.05, 0) is 19.1 Å². The Kier molecular flexibility index (Phi) is 5.53. The summed E-state index contributed by atoms with van der Waals surface area (Å²) in [4.78, 5) is 37.2. The quantitative estimate of drug-likeness (QED) is 0.798. The monoisotopic (exact) mass is 344 g/mol. The molecule has 0 aliphatic heterocycles. The summed E-state index contributed by atoms with van der Waals surface area (Å²) in [7, 11) is 4.61. The first-order valence-corrected chi connectivity index (χ1v) is 7.55. The molecule has 0 spiro atoms. The number of aromatic nitrogens is 2. The first-order chi connectivity index (χ1) is 11.8. The Morgan fingerprint density at radius 1 is 1.32 bits per heavy atom. The third-order valence-corrected chi connectivity index (χ3v) is 3.50. The predicted molar refractivity (Wildman–Crippen MR) is 91.8 cm³/mol. The molecule has 0 bridgehead atoms. The third-order valence-electron chi connectivity index (χ3n) is 3.50. The molecule has 0 saturated carbocycles. The maximum absolute atomic E-state index is 12.4. The van der Waals surface area contributed by atoms with Crippen LogP contribution in [0.25, 0.3) is 0 Å². The van der Waals surface area contributed by atoms with Crippen LogP contribution in [-0.2, 0) is 11.8 Å². The lowest BCUT2D eigenvalue weighted by molar-refractivity contribution is -0.116. The molecule has 0 aliphatic rings. The van der Waals surface area contributed by atoms with E-state index in [1.165, 1.54) is 36.9 Å². The van der Waals surface area contributed by atoms with Gasteiger partial charge >= 0.3 is 0 Å². The molecule has 1 aromatic heterocycles. The molecule has 0 saturated heterocycles. The maximum atomic E-state index is 12.4. The molecule has 1 heterocycles. The van der Waals surface area contributed by atoms with Gasteiger partial charge in [0.2, 0.25) is 11.8 Å². The molecule has 2 rings (SSSR count). The summed E-state index contributed by atoms with van der Waals surface area (Å²) in [5, 5.41) is 6.69. The number of Topliss-reactive ketones (excluding diaryl/α,β-unsaturated/α-hetero) is 1. The SMILES string of the molecule is COc1nn(C)cc1C(=O)N(C)CC(=O)Nc1cccc(C(C)=O)c1. The fourth-order valence-corrected chi connectivity index (χ4v) is 2.27. The van der Waals surface area contributed by atoms with Crippen LogP contribution in [0.3, 0.4) is 0 Å². The molecule has 0 unspecified atom stereocenters. The Labute approximate surface area is 145 Å². The molecular weight excluding hydrogens is 324 g/mol. The summed E-state index contributed by atoms with van der Waals surface area (Å²) in [5.74, 6) is -0.641. The number of hydrogen-bond donors (Lipinski definition) is 1. The Balaban J connectivity index is 2.03. The van der Waals surface area contributed by atoms with Crippen molar-refractivity contribution in [3.8, 4) is 5.88 Å². The number of ether oxygens (including phenoxy) is 1. The highest BCUT2D eigenvalue weighted by Gasteiger charge is 2.21. The smallest absolute Gasteiger partial charge is 0.261 e. The van der Waals surface area contributed by atoms with Crippen molar-refractivity contribution in [2.45, 2.75) is 6.92 Å². The van der Waals surface area contributed by atoms with Crippen LogP contribution < -0.4 is 10.1 Å². The van der Waals surface area contributed by atoms with Crippen LogP contribution in [-0.4, -0.2) is 53.0 Å². The van der Waals surface area contributed by atoms with Gasteiger partial charge in [0.25, 0.3) is 5.91 Å². The minimum atomic E-state index is -0.377. The standard InChI is InChI=1S/C17H20N4O4/c1-11(22)12-6-5-7-13(8-12)18-15(23)10-20(2)17(24)14-9-21(3)19-16(14)25-4/h5-9H,10H2,1-4H3,(H,18,23). The number of carbonyl (C=O) groups is 3. The summed E-state index contributed by atoms with van der Waals surface area (Å²) in [5.41, 5.74) is 1.28. The molecule has 0 aliphatic carbocycles. The molecule has 8 nitrogen and oxygen atoms in total. The zero-order valence-electron chi connectivity index (χ0n) is 14.6. The molecule has 0 radical (unpaired) electrons. The highest BCUT2D eigenvalue weighted by Crippen LogP contribution is 2.17. The second-order valence-corrected chi connectivity index (χ2v) is 5.57. The number of anilines is 1. The number of aryl methyl sites for hydroxylation is 1. The minimum Gasteiger partial charge on any atom is -0.479 e. The van der Waals surface area contributed by atoms with Crippen molar-refractivity contribution in [3.63, 3.8) is 0 Å². The summed E-state index contributed by atoms with van der Waals surface area (Å²) in [6.07, 6.45) is 1.53. The third kappa shape index (κ3) is 4.43. The molecule has 1 aromatic carbocycles. The van der Waals surface area contributed by atoms with Gasteiger partial charge in [0, 0.05) is 31.5 Å². The van der Waals surface area contributed by atoms with Gasteiger partial charge < -0.3 is 15.0 Å². The fraction of sp³-hybridized carbons (Fsp3) is 0.294. The number of hydrogen-bond acceptors (Lipinski definition) is 5. The van der Waals surface area contributed by atoms with Crippen molar-refractivity contribution in [1.82, 2.24) is 14.7 Å². The summed E-state index contributed by atoms with van der Waals surface area (Å²) in [6.45, 7) is 1.30. The van der Waals surface area contributed by atoms with Crippen LogP contribution in [0.15, 0.2) is 30.5 Å². The summed E-state index contributed by atoms with van der Waals surface area (Å²) >= 11 is 0. The number of likely N-dealkylation sites (N-methyl/N-ethyl adjacent to an activating group) is 1. The number of nitrogens with one attached hydrogen (secondary N) is 1. The second-order valence-electron chi connectivity index (χ2n) is 5.57. The van der Waals surface area contributed by atoms with Crippen LogP contribution in [0.1, 0.15) is 27.6 Å². The molecule has 2 aromatic rings. The number of ketones is 1. The first kappa shape index (κ1) is 18.2. The number of carbonyl (C=O) groups excluding carboxylic acids is 3. The molecule has 8 heteroatoms. The van der Waals surface area contributed by atoms with E-state index in [2.05, 4.69) is 10.4 Å². The predicted octanol–water partition coefficient (Wildman–Crippen LogP) is 1.34. The van der Waals surface area contributed by atoms with Crippen LogP contribution in [0.4, 0.5) is 5.69 Å². The Bertz CT molecular complexity index is 813. The van der Waals surface area contributed by atoms with E-state index in [0.717, 1.165) is 0 Å². The molecule has 132 valence electrons. The van der Waals surface area contributed by atoms with Crippen LogP contribution in [0.5, 0.6) is 5.88 Å². The summed E-state index contributed by atoms with van der Waals surface area (Å²) in [6, 6.07) is 6.62. The number of methoxy groups -OCH3 is 1. The van der Waals surface area contributed by atoms with E-state index in [9.17, 15) is 14.4 Å². The van der Waals surface area contributed by atoms with Gasteiger partial charge in [-0.1, -0.05) is 12.1 Å². The van der Waals surface area contributed by atoms with Gasteiger partial charge in [-0.15, -0.1) is 5.10 Å². The van der Waals surface area contributed by atoms with Gasteiger partial charge in [-0.25, -0.2) is 0 Å². The average Bonchev–Trinajstić information content (AvgIpc) is 2.95. The van der Waals surface area contributed by atoms with E-state index in [1.54, 1.807) is 31.3 Å². The lowest BCUT2D eigenvalue weighted by Crippen LogP contribution is -2.35. The topological polar surface area (TPSA) is 93.5 Å². The van der Waals surface area contributed by atoms with E-state index in [4.69, 9.17) is 4.74 Å². The van der Waals surface area contributed by atoms with E-state index < -0.39 is 0 Å². The average molecular weight is 344 g/mol. The lowest BCUT2D eigenvalue weighted by atomic mass is 10.1. The van der Waals surface area contributed by atoms with Crippen LogP contribution in [0.2, 0.25) is 0 Å². The van der Waals surface area contributed by atoms with Crippen molar-refractivity contribution >= 4 is 23.3 Å². The maximum Gasteiger partial charge on any atom is 0.261 e. The van der Waals surface area contributed by atoms with Crippen molar-refractivity contribution < 1.29 is 19.1 Å². The van der Waals surface area contributed by atoms with Crippen molar-refractivity contribution in [1.29, 1.82) is 0 Å². The van der Waals surface area contributed by atoms with E-state index in [0.29, 0.717) is 11.3 Å². The van der Waals surface area contributed by atoms with Crippen LogP contribution >= 0.6 is 0 Å². The molecule has 25 heavy (non-hydrogen) atoms. The van der Waals surface area contributed by atoms with Crippen molar-refractivity contribution in [3.05, 3.63) is 41.6 Å². The number of rotatable bonds is 6. The highest BCUT2D eigenvalue weighted by atomic mass is 16.5. The zero-order chi connectivity index (χ0) is 18.6. The van der Waals surface area contributed by atoms with E-state index in [1.807, 2.05) is 0 Å². The van der Waals surface area contributed by atoms with Crippen molar-refractivity contribution in [2.24, 2.45) is 7.05 Å². The van der Waals surface area contributed by atoms with E-state index >= 15 is 0 Å². The number of nitrogens with zero attached hydrogens (tertiary/aromatic N) is 3. The summed E-state index contributed by atoms with van der Waals surface area (Å²) < 4.78 is 6.53. The Hall–Kier alpha value is -3.16. The Morgan fingerprint density at radius 2 is 2.04 bits per heavy atom. The first-order valence-electron chi connectivity index (χ1n) is 7.55. The highest BCUT2D eigenvalue weighted by molar-refractivity contribution is 6.01. The lowest BCUT2D eigenvalue weighted by Gasteiger charge is -2.16. The van der Waals surface area contributed by atoms with Gasteiger partial charge in [0.05, 0.1) is 13.7 Å².